The Hall–Kier alpha value is -3.88. The number of nitrogens with zero attached hydrogens (tertiary/aromatic N) is 1. The summed E-state index contributed by atoms with van der Waals surface area (Å²) in [6.07, 6.45) is 0.0220. The van der Waals surface area contributed by atoms with Crippen molar-refractivity contribution in [2.75, 3.05) is 0 Å². The van der Waals surface area contributed by atoms with Crippen LogP contribution >= 0.6 is 0 Å². The van der Waals surface area contributed by atoms with Crippen molar-refractivity contribution in [3.05, 3.63) is 70.8 Å². The zero-order chi connectivity index (χ0) is 35.0. The molecule has 0 aliphatic rings. The second-order valence-electron chi connectivity index (χ2n) is 14.4. The first kappa shape index (κ1) is 38.3. The molecule has 2 N–H and O–H groups in total. The number of hydrogen-bond donors (Lipinski definition) is 2. The first-order chi connectivity index (χ1) is 21.2. The van der Waals surface area contributed by atoms with Crippen LogP contribution in [0.3, 0.4) is 0 Å². The molecule has 46 heavy (non-hydrogen) atoms. The van der Waals surface area contributed by atoms with E-state index >= 15 is 0 Å². The maximum atomic E-state index is 14.6. The average molecular weight is 638 g/mol. The second-order valence-corrected chi connectivity index (χ2v) is 14.4. The highest BCUT2D eigenvalue weighted by Gasteiger charge is 2.41. The SMILES string of the molecule is CCC(C)N(C(=O)C(NC(=O)OC(C)(C)C)C(C)C)C(C(=O)NC(Cc1ccccc1)C(=O)OC(C)(C)C)c1ccc(C)cc1C. The van der Waals surface area contributed by atoms with Gasteiger partial charge in [0, 0.05) is 12.5 Å². The lowest BCUT2D eigenvalue weighted by Gasteiger charge is -2.40. The number of benzene rings is 2. The van der Waals surface area contributed by atoms with E-state index in [0.717, 1.165) is 16.7 Å². The first-order valence-corrected chi connectivity index (χ1v) is 16.2. The number of ether oxygens (including phenoxy) is 2. The van der Waals surface area contributed by atoms with E-state index in [4.69, 9.17) is 9.47 Å². The zero-order valence-electron chi connectivity index (χ0n) is 29.8. The van der Waals surface area contributed by atoms with Crippen LogP contribution in [-0.4, -0.2) is 58.1 Å². The van der Waals surface area contributed by atoms with Gasteiger partial charge in [0.05, 0.1) is 0 Å². The molecule has 4 atom stereocenters. The normalized spacial score (nSPS) is 14.5. The summed E-state index contributed by atoms with van der Waals surface area (Å²) in [5.74, 6) is -1.83. The number of nitrogens with one attached hydrogen (secondary N) is 2. The Balaban J connectivity index is 2.67. The lowest BCUT2D eigenvalue weighted by Crippen LogP contribution is -2.58. The van der Waals surface area contributed by atoms with Gasteiger partial charge < -0.3 is 25.0 Å². The standard InChI is InChI=1S/C37H55N3O6/c1-13-26(6)40(33(42)30(23(2)3)39-35(44)46-37(10,11)12)31(28-20-19-24(4)21-25(28)5)32(41)38-29(34(43)45-36(7,8)9)22-27-17-15-14-16-18-27/h14-21,23,26,29-31H,13,22H2,1-12H3,(H,38,41)(H,39,44). The van der Waals surface area contributed by atoms with Gasteiger partial charge >= 0.3 is 12.1 Å². The predicted octanol–water partition coefficient (Wildman–Crippen LogP) is 6.59. The highest BCUT2D eigenvalue weighted by atomic mass is 16.6. The van der Waals surface area contributed by atoms with Crippen molar-refractivity contribution in [2.24, 2.45) is 5.92 Å². The maximum absolute atomic E-state index is 14.6. The molecule has 9 nitrogen and oxygen atoms in total. The molecular weight excluding hydrogens is 582 g/mol. The Labute approximate surface area is 275 Å². The third-order valence-electron chi connectivity index (χ3n) is 7.46. The largest absolute Gasteiger partial charge is 0.458 e. The van der Waals surface area contributed by atoms with E-state index in [2.05, 4.69) is 10.6 Å². The summed E-state index contributed by atoms with van der Waals surface area (Å²) in [4.78, 5) is 57.1. The van der Waals surface area contributed by atoms with Crippen LogP contribution in [-0.2, 0) is 30.3 Å². The summed E-state index contributed by atoms with van der Waals surface area (Å²) in [6.45, 7) is 21.9. The monoisotopic (exact) mass is 637 g/mol. The molecule has 0 aliphatic heterocycles. The number of carbonyl (C=O) groups is 4. The van der Waals surface area contributed by atoms with Gasteiger partial charge in [0.15, 0.2) is 0 Å². The topological polar surface area (TPSA) is 114 Å². The highest BCUT2D eigenvalue weighted by molar-refractivity contribution is 5.94. The van der Waals surface area contributed by atoms with Gasteiger partial charge in [-0.2, -0.15) is 0 Å². The van der Waals surface area contributed by atoms with Gasteiger partial charge in [-0.3, -0.25) is 9.59 Å². The molecule has 254 valence electrons. The average Bonchev–Trinajstić information content (AvgIpc) is 2.92. The van der Waals surface area contributed by atoms with Crippen molar-refractivity contribution < 1.29 is 28.7 Å². The van der Waals surface area contributed by atoms with Crippen LogP contribution < -0.4 is 10.6 Å². The number of hydrogen-bond acceptors (Lipinski definition) is 6. The van der Waals surface area contributed by atoms with Crippen LogP contribution in [0.1, 0.15) is 104 Å². The van der Waals surface area contributed by atoms with E-state index in [1.54, 1.807) is 46.4 Å². The van der Waals surface area contributed by atoms with Gasteiger partial charge in [-0.05, 0) is 91.3 Å². The van der Waals surface area contributed by atoms with Crippen LogP contribution in [0.5, 0.6) is 0 Å². The number of amides is 3. The van der Waals surface area contributed by atoms with E-state index in [0.29, 0.717) is 12.0 Å². The van der Waals surface area contributed by atoms with Crippen molar-refractivity contribution in [1.82, 2.24) is 15.5 Å². The summed E-state index contributed by atoms with van der Waals surface area (Å²) >= 11 is 0. The van der Waals surface area contributed by atoms with E-state index in [1.165, 1.54) is 0 Å². The van der Waals surface area contributed by atoms with Crippen LogP contribution in [0, 0.1) is 19.8 Å². The lowest BCUT2D eigenvalue weighted by atomic mass is 9.93. The molecular formula is C37H55N3O6. The molecule has 2 rings (SSSR count). The van der Waals surface area contributed by atoms with Gasteiger partial charge in [0.1, 0.15) is 29.3 Å². The fraction of sp³-hybridized carbons (Fsp3) is 0.568. The Bertz CT molecular complexity index is 1340. The van der Waals surface area contributed by atoms with Crippen LogP contribution in [0.15, 0.2) is 48.5 Å². The molecule has 0 fully saturated rings. The van der Waals surface area contributed by atoms with E-state index in [-0.39, 0.29) is 12.3 Å². The molecule has 0 spiro atoms. The molecule has 2 aromatic carbocycles. The third kappa shape index (κ3) is 11.5. The van der Waals surface area contributed by atoms with Gasteiger partial charge in [-0.1, -0.05) is 74.9 Å². The summed E-state index contributed by atoms with van der Waals surface area (Å²) in [5.41, 5.74) is 1.75. The molecule has 0 aliphatic carbocycles. The third-order valence-corrected chi connectivity index (χ3v) is 7.46. The fourth-order valence-corrected chi connectivity index (χ4v) is 5.12. The smallest absolute Gasteiger partial charge is 0.408 e. The van der Waals surface area contributed by atoms with Gasteiger partial charge in [-0.25, -0.2) is 9.59 Å². The summed E-state index contributed by atoms with van der Waals surface area (Å²) in [6, 6.07) is 11.6. The molecule has 2 aromatic rings. The van der Waals surface area contributed by atoms with Crippen molar-refractivity contribution in [3.63, 3.8) is 0 Å². The number of rotatable bonds is 12. The minimum Gasteiger partial charge on any atom is -0.458 e. The van der Waals surface area contributed by atoms with Gasteiger partial charge in [-0.15, -0.1) is 0 Å². The van der Waals surface area contributed by atoms with Crippen molar-refractivity contribution in [1.29, 1.82) is 0 Å². The van der Waals surface area contributed by atoms with Gasteiger partial charge in [0.25, 0.3) is 0 Å². The maximum Gasteiger partial charge on any atom is 0.408 e. The zero-order valence-corrected chi connectivity index (χ0v) is 29.8. The molecule has 0 radical (unpaired) electrons. The molecule has 4 unspecified atom stereocenters. The Morgan fingerprint density at radius 2 is 1.41 bits per heavy atom. The Kier molecular flexibility index (Phi) is 13.4. The molecule has 0 heterocycles. The fourth-order valence-electron chi connectivity index (χ4n) is 5.12. The Morgan fingerprint density at radius 1 is 0.826 bits per heavy atom. The van der Waals surface area contributed by atoms with E-state index < -0.39 is 59.2 Å². The summed E-state index contributed by atoms with van der Waals surface area (Å²) in [5, 5.41) is 5.72. The van der Waals surface area contributed by atoms with Crippen LogP contribution in [0.25, 0.3) is 0 Å². The minimum absolute atomic E-state index is 0.202. The van der Waals surface area contributed by atoms with E-state index in [9.17, 15) is 19.2 Å². The quantitative estimate of drug-likeness (QED) is 0.254. The Morgan fingerprint density at radius 3 is 1.91 bits per heavy atom. The minimum atomic E-state index is -1.11. The number of alkyl carbamates (subject to hydrolysis) is 1. The van der Waals surface area contributed by atoms with Crippen LogP contribution in [0.4, 0.5) is 4.79 Å². The highest BCUT2D eigenvalue weighted by Crippen LogP contribution is 2.30. The summed E-state index contributed by atoms with van der Waals surface area (Å²) in [7, 11) is 0. The van der Waals surface area contributed by atoms with Gasteiger partial charge in [0.2, 0.25) is 11.8 Å². The lowest BCUT2D eigenvalue weighted by molar-refractivity contribution is -0.159. The molecule has 0 aromatic heterocycles. The van der Waals surface area contributed by atoms with Crippen molar-refractivity contribution >= 4 is 23.9 Å². The molecule has 9 heteroatoms. The van der Waals surface area contributed by atoms with Crippen molar-refractivity contribution in [2.45, 2.75) is 131 Å². The molecule has 3 amide bonds. The number of esters is 1. The first-order valence-electron chi connectivity index (χ1n) is 16.2. The molecule has 0 bridgehead atoms. The van der Waals surface area contributed by atoms with Crippen LogP contribution in [0.2, 0.25) is 0 Å². The second kappa shape index (κ2) is 16.1. The predicted molar refractivity (Wildman–Crippen MR) is 181 cm³/mol. The summed E-state index contributed by atoms with van der Waals surface area (Å²) < 4.78 is 11.2. The van der Waals surface area contributed by atoms with E-state index in [1.807, 2.05) is 90.1 Å². The molecule has 0 saturated heterocycles. The molecule has 0 saturated carbocycles. The number of aryl methyl sites for hydroxylation is 2. The van der Waals surface area contributed by atoms with Crippen molar-refractivity contribution in [3.8, 4) is 0 Å². The number of carbonyl (C=O) groups excluding carboxylic acids is 4.